The van der Waals surface area contributed by atoms with Crippen LogP contribution in [0.2, 0.25) is 0 Å². The van der Waals surface area contributed by atoms with Crippen molar-refractivity contribution in [3.05, 3.63) is 77.0 Å². The van der Waals surface area contributed by atoms with Crippen LogP contribution in [-0.4, -0.2) is 35.9 Å². The molecule has 0 radical (unpaired) electrons. The second-order valence-corrected chi connectivity index (χ2v) is 8.26. The maximum Gasteiger partial charge on any atom is 0.336 e. The Bertz CT molecular complexity index is 979. The minimum atomic E-state index is -1.45. The topological polar surface area (TPSA) is 84.9 Å². The van der Waals surface area contributed by atoms with Crippen molar-refractivity contribution in [2.24, 2.45) is 5.92 Å². The summed E-state index contributed by atoms with van der Waals surface area (Å²) in [6, 6.07) is 17.0. The van der Waals surface area contributed by atoms with Crippen LogP contribution >= 0.6 is 0 Å². The van der Waals surface area contributed by atoms with E-state index in [-0.39, 0.29) is 19.6 Å². The van der Waals surface area contributed by atoms with E-state index in [1.165, 1.54) is 0 Å². The van der Waals surface area contributed by atoms with Gasteiger partial charge in [-0.15, -0.1) is 0 Å². The predicted molar refractivity (Wildman–Crippen MR) is 123 cm³/mol. The van der Waals surface area contributed by atoms with Crippen molar-refractivity contribution in [2.45, 2.75) is 45.6 Å². The quantitative estimate of drug-likeness (QED) is 0.627. The van der Waals surface area contributed by atoms with Gasteiger partial charge in [-0.05, 0) is 45.4 Å². The molecule has 0 saturated carbocycles. The Balaban J connectivity index is 2.21. The molecule has 0 aromatic heterocycles. The van der Waals surface area contributed by atoms with E-state index >= 15 is 0 Å². The molecule has 0 saturated heterocycles. The zero-order valence-corrected chi connectivity index (χ0v) is 19.1. The van der Waals surface area contributed by atoms with Crippen LogP contribution < -0.4 is 5.32 Å². The molecule has 0 fully saturated rings. The summed E-state index contributed by atoms with van der Waals surface area (Å²) < 4.78 is 10.7. The average Bonchev–Trinajstić information content (AvgIpc) is 2.75. The summed E-state index contributed by atoms with van der Waals surface area (Å²) in [5, 5.41) is 14.8. The minimum absolute atomic E-state index is 0.0713. The highest BCUT2D eigenvalue weighted by Crippen LogP contribution is 2.48. The van der Waals surface area contributed by atoms with Gasteiger partial charge in [0.2, 0.25) is 0 Å². The summed E-state index contributed by atoms with van der Waals surface area (Å²) in [7, 11) is 0. The lowest BCUT2D eigenvalue weighted by atomic mass is 9.66. The van der Waals surface area contributed by atoms with Crippen LogP contribution in [0.5, 0.6) is 0 Å². The fourth-order valence-corrected chi connectivity index (χ4v) is 4.30. The van der Waals surface area contributed by atoms with Gasteiger partial charge < -0.3 is 19.9 Å². The van der Waals surface area contributed by atoms with Crippen molar-refractivity contribution in [1.29, 1.82) is 0 Å². The third kappa shape index (κ3) is 5.02. The smallest absolute Gasteiger partial charge is 0.336 e. The Labute approximate surface area is 189 Å². The summed E-state index contributed by atoms with van der Waals surface area (Å²) in [6.45, 7) is 7.45. The van der Waals surface area contributed by atoms with Gasteiger partial charge in [0.25, 0.3) is 0 Å². The van der Waals surface area contributed by atoms with Crippen LogP contribution in [0.15, 0.2) is 65.9 Å². The van der Waals surface area contributed by atoms with Gasteiger partial charge in [-0.25, -0.2) is 4.79 Å². The van der Waals surface area contributed by atoms with Crippen LogP contribution in [0.3, 0.4) is 0 Å². The monoisotopic (exact) mass is 437 g/mol. The summed E-state index contributed by atoms with van der Waals surface area (Å²) in [5.41, 5.74) is 2.04. The SMILES string of the molecule is CCOC(=O)C1=C(Nc2ccc(C)cc2)C[C@](C)(O)[C@@H](C(=O)OCC)[C@H]1c1ccccc1. The molecule has 6 nitrogen and oxygen atoms in total. The molecule has 2 aromatic rings. The molecule has 0 amide bonds. The van der Waals surface area contributed by atoms with Crippen molar-refractivity contribution >= 4 is 17.6 Å². The number of aliphatic hydroxyl groups is 1. The van der Waals surface area contributed by atoms with Crippen LogP contribution in [0.25, 0.3) is 0 Å². The first kappa shape index (κ1) is 23.5. The molecule has 32 heavy (non-hydrogen) atoms. The van der Waals surface area contributed by atoms with E-state index < -0.39 is 29.4 Å². The number of nitrogens with one attached hydrogen (secondary N) is 1. The van der Waals surface area contributed by atoms with Crippen LogP contribution in [-0.2, 0) is 19.1 Å². The third-order valence-electron chi connectivity index (χ3n) is 5.72. The summed E-state index contributed by atoms with van der Waals surface area (Å²) in [6.07, 6.45) is 0.0713. The van der Waals surface area contributed by atoms with Gasteiger partial charge in [-0.1, -0.05) is 48.0 Å². The van der Waals surface area contributed by atoms with Crippen LogP contribution in [0, 0.1) is 12.8 Å². The molecule has 1 aliphatic rings. The maximum absolute atomic E-state index is 13.2. The summed E-state index contributed by atoms with van der Waals surface area (Å²) in [5.74, 6) is -2.75. The molecule has 0 spiro atoms. The first-order chi connectivity index (χ1) is 15.3. The summed E-state index contributed by atoms with van der Waals surface area (Å²) in [4.78, 5) is 26.3. The highest BCUT2D eigenvalue weighted by Gasteiger charge is 2.52. The number of esters is 2. The molecule has 2 aromatic carbocycles. The van der Waals surface area contributed by atoms with Crippen molar-refractivity contribution in [3.8, 4) is 0 Å². The number of carbonyl (C=O) groups excluding carboxylic acids is 2. The van der Waals surface area contributed by atoms with Crippen molar-refractivity contribution in [2.75, 3.05) is 18.5 Å². The molecule has 3 atom stereocenters. The third-order valence-corrected chi connectivity index (χ3v) is 5.72. The van der Waals surface area contributed by atoms with Gasteiger partial charge in [-0.3, -0.25) is 4.79 Å². The van der Waals surface area contributed by atoms with Gasteiger partial charge in [-0.2, -0.15) is 0 Å². The van der Waals surface area contributed by atoms with E-state index in [1.807, 2.05) is 61.5 Å². The van der Waals surface area contributed by atoms with E-state index in [0.717, 1.165) is 16.8 Å². The zero-order chi connectivity index (χ0) is 23.3. The lowest BCUT2D eigenvalue weighted by molar-refractivity contribution is -0.159. The number of carbonyl (C=O) groups is 2. The molecule has 0 bridgehead atoms. The second-order valence-electron chi connectivity index (χ2n) is 8.26. The molecule has 6 heteroatoms. The zero-order valence-electron chi connectivity index (χ0n) is 19.1. The number of hydrogen-bond acceptors (Lipinski definition) is 6. The largest absolute Gasteiger partial charge is 0.466 e. The van der Waals surface area contributed by atoms with E-state index in [9.17, 15) is 14.7 Å². The van der Waals surface area contributed by atoms with Crippen LogP contribution in [0.1, 0.15) is 44.2 Å². The number of aryl methyl sites for hydroxylation is 1. The van der Waals surface area contributed by atoms with Crippen molar-refractivity contribution < 1.29 is 24.2 Å². The molecule has 0 heterocycles. The number of rotatable bonds is 7. The molecule has 2 N–H and O–H groups in total. The normalized spacial score (nSPS) is 22.9. The van der Waals surface area contributed by atoms with Gasteiger partial charge >= 0.3 is 11.9 Å². The van der Waals surface area contributed by atoms with E-state index in [0.29, 0.717) is 11.3 Å². The Morgan fingerprint density at radius 3 is 2.25 bits per heavy atom. The lowest BCUT2D eigenvalue weighted by Crippen LogP contribution is -2.49. The summed E-state index contributed by atoms with van der Waals surface area (Å²) >= 11 is 0. The van der Waals surface area contributed by atoms with Gasteiger partial charge in [0, 0.05) is 23.7 Å². The fraction of sp³-hybridized carbons (Fsp3) is 0.385. The molecule has 170 valence electrons. The fourth-order valence-electron chi connectivity index (χ4n) is 4.30. The highest BCUT2D eigenvalue weighted by atomic mass is 16.5. The Morgan fingerprint density at radius 1 is 1.03 bits per heavy atom. The molecule has 3 rings (SSSR count). The maximum atomic E-state index is 13.2. The molecular weight excluding hydrogens is 406 g/mol. The number of anilines is 1. The Kier molecular flexibility index (Phi) is 7.36. The van der Waals surface area contributed by atoms with E-state index in [1.54, 1.807) is 20.8 Å². The number of hydrogen-bond donors (Lipinski definition) is 2. The van der Waals surface area contributed by atoms with Gasteiger partial charge in [0.05, 0.1) is 30.3 Å². The molecule has 1 aliphatic carbocycles. The van der Waals surface area contributed by atoms with E-state index in [2.05, 4.69) is 5.32 Å². The van der Waals surface area contributed by atoms with Crippen LogP contribution in [0.4, 0.5) is 5.69 Å². The highest BCUT2D eigenvalue weighted by molar-refractivity contribution is 5.94. The first-order valence-electron chi connectivity index (χ1n) is 11.0. The standard InChI is InChI=1S/C26H31NO5/c1-5-31-24(28)22-20(27-19-14-12-17(3)13-15-19)16-26(4,30)23(25(29)32-6-2)21(22)18-10-8-7-9-11-18/h7-15,21,23,27,30H,5-6,16H2,1-4H3/t21-,23+,26-/m0/s1. The van der Waals surface area contributed by atoms with E-state index in [4.69, 9.17) is 9.47 Å². The first-order valence-corrected chi connectivity index (χ1v) is 11.0. The number of benzene rings is 2. The minimum Gasteiger partial charge on any atom is -0.466 e. The van der Waals surface area contributed by atoms with Crippen molar-refractivity contribution in [1.82, 2.24) is 0 Å². The van der Waals surface area contributed by atoms with Gasteiger partial charge in [0.15, 0.2) is 0 Å². The molecule has 0 unspecified atom stereocenters. The number of ether oxygens (including phenoxy) is 2. The molecular formula is C26H31NO5. The lowest BCUT2D eigenvalue weighted by Gasteiger charge is -2.43. The van der Waals surface area contributed by atoms with Gasteiger partial charge in [0.1, 0.15) is 0 Å². The Hall–Kier alpha value is -3.12. The molecule has 0 aliphatic heterocycles. The predicted octanol–water partition coefficient (Wildman–Crippen LogP) is 4.34. The second kappa shape index (κ2) is 10.0. The Morgan fingerprint density at radius 2 is 1.66 bits per heavy atom. The van der Waals surface area contributed by atoms with Crippen molar-refractivity contribution in [3.63, 3.8) is 0 Å². The average molecular weight is 438 g/mol.